The van der Waals surface area contributed by atoms with E-state index in [1.54, 1.807) is 0 Å². The molecule has 1 fully saturated rings. The van der Waals surface area contributed by atoms with Crippen LogP contribution < -0.4 is 5.73 Å². The van der Waals surface area contributed by atoms with Crippen molar-refractivity contribution in [1.29, 1.82) is 0 Å². The summed E-state index contributed by atoms with van der Waals surface area (Å²) in [4.78, 5) is 23.4. The molecule has 5 nitrogen and oxygen atoms in total. The van der Waals surface area contributed by atoms with Crippen LogP contribution in [0.3, 0.4) is 0 Å². The van der Waals surface area contributed by atoms with Crippen molar-refractivity contribution in [2.75, 3.05) is 0 Å². The summed E-state index contributed by atoms with van der Waals surface area (Å²) in [5.41, 5.74) is 14.2. The molecule has 1 saturated carbocycles. The molecule has 3 N–H and O–H groups in total. The second kappa shape index (κ2) is 7.41. The van der Waals surface area contributed by atoms with Crippen molar-refractivity contribution in [3.05, 3.63) is 82.9 Å². The zero-order valence-corrected chi connectivity index (χ0v) is 17.0. The number of nitrogens with one attached hydrogen (secondary N) is 1. The average Bonchev–Trinajstić information content (AvgIpc) is 3.56. The van der Waals surface area contributed by atoms with Gasteiger partial charge in [-0.1, -0.05) is 30.3 Å². The van der Waals surface area contributed by atoms with Crippen molar-refractivity contribution >= 4 is 16.8 Å². The van der Waals surface area contributed by atoms with E-state index in [0.29, 0.717) is 23.6 Å². The third-order valence-corrected chi connectivity index (χ3v) is 6.08. The number of hydrogen-bond donors (Lipinski definition) is 2. The monoisotopic (exact) mass is 396 g/mol. The Morgan fingerprint density at radius 3 is 2.80 bits per heavy atom. The smallest absolute Gasteiger partial charge is 0.252 e. The Kier molecular flexibility index (Phi) is 4.58. The fraction of sp³-hybridized carbons (Fsp3) is 0.240. The molecule has 0 radical (unpaired) electrons. The molecule has 0 unspecified atom stereocenters. The Bertz CT molecular complexity index is 1250. The number of nitrogens with two attached hydrogens (primary N) is 1. The van der Waals surface area contributed by atoms with Crippen LogP contribution in [-0.2, 0) is 12.8 Å². The van der Waals surface area contributed by atoms with Gasteiger partial charge >= 0.3 is 0 Å². The minimum absolute atomic E-state index is 0.398. The van der Waals surface area contributed by atoms with Crippen molar-refractivity contribution in [3.63, 3.8) is 0 Å². The predicted molar refractivity (Wildman–Crippen MR) is 118 cm³/mol. The maximum Gasteiger partial charge on any atom is 0.252 e. The summed E-state index contributed by atoms with van der Waals surface area (Å²) in [7, 11) is 0. The van der Waals surface area contributed by atoms with E-state index in [2.05, 4.69) is 64.3 Å². The van der Waals surface area contributed by atoms with Crippen molar-refractivity contribution in [2.45, 2.75) is 38.5 Å². The number of nitrogens with zero attached hydrogens (tertiary/aromatic N) is 2. The Morgan fingerprint density at radius 2 is 2.00 bits per heavy atom. The Balaban J connectivity index is 1.46. The highest BCUT2D eigenvalue weighted by Crippen LogP contribution is 2.45. The zero-order valence-electron chi connectivity index (χ0n) is 17.0. The summed E-state index contributed by atoms with van der Waals surface area (Å²) >= 11 is 0. The zero-order chi connectivity index (χ0) is 20.7. The molecule has 0 atom stereocenters. The third kappa shape index (κ3) is 3.36. The molecule has 0 spiro atoms. The number of amides is 1. The minimum atomic E-state index is -0.485. The Labute approximate surface area is 175 Å². The molecule has 0 bridgehead atoms. The SMILES string of the molecule is Cc1c(-c2ccccc2C2CC2)[nH]c2ccc(CCc3ncncc3C(N)=O)cc12. The van der Waals surface area contributed by atoms with Gasteiger partial charge in [-0.25, -0.2) is 9.97 Å². The van der Waals surface area contributed by atoms with Crippen LogP contribution in [0.25, 0.3) is 22.2 Å². The molecule has 1 aliphatic rings. The van der Waals surface area contributed by atoms with E-state index in [9.17, 15) is 4.79 Å². The lowest BCUT2D eigenvalue weighted by molar-refractivity contribution is 0.0998. The molecule has 2 aromatic carbocycles. The molecule has 30 heavy (non-hydrogen) atoms. The van der Waals surface area contributed by atoms with Crippen LogP contribution in [0.2, 0.25) is 0 Å². The number of carbonyl (C=O) groups excluding carboxylic acids is 1. The fourth-order valence-electron chi connectivity index (χ4n) is 4.30. The van der Waals surface area contributed by atoms with Gasteiger partial charge in [-0.15, -0.1) is 0 Å². The molecule has 2 heterocycles. The van der Waals surface area contributed by atoms with Crippen LogP contribution in [0.5, 0.6) is 0 Å². The summed E-state index contributed by atoms with van der Waals surface area (Å²) < 4.78 is 0. The highest BCUT2D eigenvalue weighted by atomic mass is 16.1. The van der Waals surface area contributed by atoms with Gasteiger partial charge in [-0.05, 0) is 67.3 Å². The summed E-state index contributed by atoms with van der Waals surface area (Å²) in [5, 5.41) is 1.24. The first kappa shape index (κ1) is 18.6. The number of aryl methyl sites for hydroxylation is 3. The van der Waals surface area contributed by atoms with E-state index in [0.717, 1.165) is 11.9 Å². The number of hydrogen-bond acceptors (Lipinski definition) is 3. The summed E-state index contributed by atoms with van der Waals surface area (Å²) in [6.07, 6.45) is 6.96. The highest BCUT2D eigenvalue weighted by molar-refractivity contribution is 5.93. The van der Waals surface area contributed by atoms with E-state index < -0.39 is 5.91 Å². The Morgan fingerprint density at radius 1 is 1.17 bits per heavy atom. The third-order valence-electron chi connectivity index (χ3n) is 6.08. The molecular formula is C25H24N4O. The maximum absolute atomic E-state index is 11.6. The van der Waals surface area contributed by atoms with Gasteiger partial charge in [0, 0.05) is 28.4 Å². The number of carbonyl (C=O) groups is 1. The maximum atomic E-state index is 11.6. The number of fused-ring (bicyclic) bond motifs is 1. The van der Waals surface area contributed by atoms with Gasteiger partial charge in [0.05, 0.1) is 11.3 Å². The number of aromatic nitrogens is 3. The quantitative estimate of drug-likeness (QED) is 0.496. The number of H-pyrrole nitrogens is 1. The molecule has 0 aliphatic heterocycles. The summed E-state index contributed by atoms with van der Waals surface area (Å²) in [6, 6.07) is 15.3. The van der Waals surface area contributed by atoms with Crippen molar-refractivity contribution < 1.29 is 4.79 Å². The lowest BCUT2D eigenvalue weighted by atomic mass is 9.97. The first-order valence-electron chi connectivity index (χ1n) is 10.4. The van der Waals surface area contributed by atoms with Crippen LogP contribution >= 0.6 is 0 Å². The second-order valence-corrected chi connectivity index (χ2v) is 8.11. The van der Waals surface area contributed by atoms with Gasteiger partial charge in [0.25, 0.3) is 5.91 Å². The highest BCUT2D eigenvalue weighted by Gasteiger charge is 2.27. The molecule has 2 aromatic heterocycles. The largest absolute Gasteiger partial charge is 0.365 e. The first-order chi connectivity index (χ1) is 14.6. The van der Waals surface area contributed by atoms with Gasteiger partial charge < -0.3 is 10.7 Å². The van der Waals surface area contributed by atoms with Gasteiger partial charge in [0.15, 0.2) is 0 Å². The molecule has 0 saturated heterocycles. The standard InChI is InChI=1S/C25H24N4O/c1-15-20-12-16(6-10-22-21(25(26)30)13-27-14-28-22)7-11-23(20)29-24(15)19-5-3-2-4-18(19)17-8-9-17/h2-5,7,11-14,17,29H,6,8-10H2,1H3,(H2,26,30). The van der Waals surface area contributed by atoms with E-state index in [4.69, 9.17) is 5.73 Å². The van der Waals surface area contributed by atoms with Gasteiger partial charge in [0.1, 0.15) is 6.33 Å². The normalized spacial score (nSPS) is 13.6. The van der Waals surface area contributed by atoms with E-state index in [-0.39, 0.29) is 0 Å². The van der Waals surface area contributed by atoms with Crippen LogP contribution in [0.15, 0.2) is 55.0 Å². The molecule has 5 rings (SSSR count). The molecule has 5 heteroatoms. The van der Waals surface area contributed by atoms with Crippen LogP contribution in [-0.4, -0.2) is 20.9 Å². The topological polar surface area (TPSA) is 84.7 Å². The molecule has 150 valence electrons. The second-order valence-electron chi connectivity index (χ2n) is 8.11. The average molecular weight is 396 g/mol. The van der Waals surface area contributed by atoms with Crippen LogP contribution in [0, 0.1) is 6.92 Å². The minimum Gasteiger partial charge on any atom is -0.365 e. The molecule has 1 amide bonds. The molecule has 1 aliphatic carbocycles. The van der Waals surface area contributed by atoms with Gasteiger partial charge in [0.2, 0.25) is 0 Å². The molecular weight excluding hydrogens is 372 g/mol. The number of primary amides is 1. The summed E-state index contributed by atoms with van der Waals surface area (Å²) in [6.45, 7) is 2.19. The molecule has 4 aromatic rings. The number of aromatic amines is 1. The lowest BCUT2D eigenvalue weighted by Gasteiger charge is -2.08. The summed E-state index contributed by atoms with van der Waals surface area (Å²) in [5.74, 6) is 0.219. The predicted octanol–water partition coefficient (Wildman–Crippen LogP) is 4.69. The van der Waals surface area contributed by atoms with Gasteiger partial charge in [-0.2, -0.15) is 0 Å². The lowest BCUT2D eigenvalue weighted by Crippen LogP contribution is -2.15. The number of rotatable bonds is 6. The van der Waals surface area contributed by atoms with E-state index >= 15 is 0 Å². The van der Waals surface area contributed by atoms with E-state index in [1.165, 1.54) is 58.7 Å². The first-order valence-corrected chi connectivity index (χ1v) is 10.4. The number of benzene rings is 2. The van der Waals surface area contributed by atoms with Crippen LogP contribution in [0.4, 0.5) is 0 Å². The van der Waals surface area contributed by atoms with Crippen molar-refractivity contribution in [1.82, 2.24) is 15.0 Å². The van der Waals surface area contributed by atoms with E-state index in [1.807, 2.05) is 0 Å². The van der Waals surface area contributed by atoms with Crippen molar-refractivity contribution in [2.24, 2.45) is 5.73 Å². The fourth-order valence-corrected chi connectivity index (χ4v) is 4.30. The Hall–Kier alpha value is -3.47. The van der Waals surface area contributed by atoms with Crippen molar-refractivity contribution in [3.8, 4) is 11.3 Å². The van der Waals surface area contributed by atoms with Crippen LogP contribution in [0.1, 0.15) is 51.5 Å². The van der Waals surface area contributed by atoms with Gasteiger partial charge in [-0.3, -0.25) is 4.79 Å².